The predicted molar refractivity (Wildman–Crippen MR) is 78.3 cm³/mol. The van der Waals surface area contributed by atoms with Gasteiger partial charge in [0.1, 0.15) is 11.6 Å². The summed E-state index contributed by atoms with van der Waals surface area (Å²) >= 11 is 15.2. The molecular formula is C14H9BrCl2F2. The largest absolute Gasteiger partial charge is 0.207 e. The zero-order valence-corrected chi connectivity index (χ0v) is 13.0. The van der Waals surface area contributed by atoms with Crippen LogP contribution in [0.2, 0.25) is 10.0 Å². The molecule has 0 radical (unpaired) electrons. The Hall–Kier alpha value is -0.640. The standard InChI is InChI=1S/C14H9BrCl2F2/c1-7-2-11(13(19)6-12(7)18)14(15)8-3-9(16)5-10(17)4-8/h2-6,14H,1H3. The van der Waals surface area contributed by atoms with Crippen LogP contribution in [0.1, 0.15) is 21.5 Å². The van der Waals surface area contributed by atoms with Crippen molar-refractivity contribution in [2.75, 3.05) is 0 Å². The number of halogens is 5. The van der Waals surface area contributed by atoms with Gasteiger partial charge in [-0.2, -0.15) is 0 Å². The van der Waals surface area contributed by atoms with Crippen LogP contribution < -0.4 is 0 Å². The maximum atomic E-state index is 13.8. The molecule has 0 saturated heterocycles. The van der Waals surface area contributed by atoms with Gasteiger partial charge in [-0.3, -0.25) is 0 Å². The second-order valence-electron chi connectivity index (χ2n) is 4.19. The number of rotatable bonds is 2. The SMILES string of the molecule is Cc1cc(C(Br)c2cc(Cl)cc(Cl)c2)c(F)cc1F. The smallest absolute Gasteiger partial charge is 0.130 e. The lowest BCUT2D eigenvalue weighted by Gasteiger charge is -2.14. The van der Waals surface area contributed by atoms with Gasteiger partial charge in [-0.25, -0.2) is 8.78 Å². The molecule has 0 aliphatic heterocycles. The summed E-state index contributed by atoms with van der Waals surface area (Å²) in [6, 6.07) is 7.32. The lowest BCUT2D eigenvalue weighted by Crippen LogP contribution is -1.99. The van der Waals surface area contributed by atoms with E-state index >= 15 is 0 Å². The molecule has 2 rings (SSSR count). The molecule has 1 unspecified atom stereocenters. The Labute approximate surface area is 128 Å². The molecule has 0 amide bonds. The van der Waals surface area contributed by atoms with Crippen molar-refractivity contribution in [3.8, 4) is 0 Å². The lowest BCUT2D eigenvalue weighted by atomic mass is 10.0. The monoisotopic (exact) mass is 364 g/mol. The number of hydrogen-bond acceptors (Lipinski definition) is 0. The molecular weight excluding hydrogens is 357 g/mol. The van der Waals surface area contributed by atoms with Gasteiger partial charge >= 0.3 is 0 Å². The summed E-state index contributed by atoms with van der Waals surface area (Å²) in [6.07, 6.45) is 0. The Morgan fingerprint density at radius 3 is 2.11 bits per heavy atom. The van der Waals surface area contributed by atoms with E-state index in [1.54, 1.807) is 25.1 Å². The van der Waals surface area contributed by atoms with Crippen LogP contribution in [0.4, 0.5) is 8.78 Å². The molecule has 19 heavy (non-hydrogen) atoms. The van der Waals surface area contributed by atoms with Crippen LogP contribution in [0.5, 0.6) is 0 Å². The average Bonchev–Trinajstić information content (AvgIpc) is 2.31. The highest BCUT2D eigenvalue weighted by atomic mass is 79.9. The second kappa shape index (κ2) is 5.78. The molecule has 2 aromatic carbocycles. The number of benzene rings is 2. The van der Waals surface area contributed by atoms with Gasteiger partial charge in [0, 0.05) is 21.7 Å². The molecule has 0 spiro atoms. The molecule has 0 nitrogen and oxygen atoms in total. The van der Waals surface area contributed by atoms with Crippen molar-refractivity contribution in [2.24, 2.45) is 0 Å². The Bertz CT molecular complexity index is 609. The van der Waals surface area contributed by atoms with Crippen LogP contribution >= 0.6 is 39.1 Å². The van der Waals surface area contributed by atoms with Crippen molar-refractivity contribution in [1.29, 1.82) is 0 Å². The molecule has 0 fully saturated rings. The minimum atomic E-state index is -0.610. The van der Waals surface area contributed by atoms with Crippen molar-refractivity contribution in [3.63, 3.8) is 0 Å². The fraction of sp³-hybridized carbons (Fsp3) is 0.143. The summed E-state index contributed by atoms with van der Waals surface area (Å²) in [6.45, 7) is 1.59. The zero-order valence-electron chi connectivity index (χ0n) is 9.85. The molecule has 0 aromatic heterocycles. The van der Waals surface area contributed by atoms with Crippen LogP contribution in [0.25, 0.3) is 0 Å². The Morgan fingerprint density at radius 2 is 1.53 bits per heavy atom. The lowest BCUT2D eigenvalue weighted by molar-refractivity contribution is 0.569. The van der Waals surface area contributed by atoms with Crippen LogP contribution in [0, 0.1) is 18.6 Å². The molecule has 0 saturated carbocycles. The van der Waals surface area contributed by atoms with Crippen LogP contribution in [0.3, 0.4) is 0 Å². The molecule has 0 bridgehead atoms. The van der Waals surface area contributed by atoms with Crippen molar-refractivity contribution in [3.05, 3.63) is 68.7 Å². The van der Waals surface area contributed by atoms with Crippen LogP contribution in [-0.4, -0.2) is 0 Å². The van der Waals surface area contributed by atoms with E-state index in [1.165, 1.54) is 6.07 Å². The van der Waals surface area contributed by atoms with Gasteiger partial charge < -0.3 is 0 Å². The third-order valence-corrected chi connectivity index (χ3v) is 4.19. The predicted octanol–water partition coefficient (Wildman–Crippen LogP) is 6.06. The van der Waals surface area contributed by atoms with Gasteiger partial charge in [-0.1, -0.05) is 39.1 Å². The highest BCUT2D eigenvalue weighted by Gasteiger charge is 2.17. The summed E-state index contributed by atoms with van der Waals surface area (Å²) in [5.41, 5.74) is 1.44. The first-order valence-electron chi connectivity index (χ1n) is 5.44. The summed E-state index contributed by atoms with van der Waals surface area (Å²) in [5.74, 6) is -1.17. The average molecular weight is 366 g/mol. The molecule has 0 N–H and O–H groups in total. The van der Waals surface area contributed by atoms with E-state index in [1.807, 2.05) is 0 Å². The maximum absolute atomic E-state index is 13.8. The van der Waals surface area contributed by atoms with E-state index in [9.17, 15) is 8.78 Å². The van der Waals surface area contributed by atoms with E-state index < -0.39 is 16.5 Å². The minimum absolute atomic E-state index is 0.345. The minimum Gasteiger partial charge on any atom is -0.207 e. The fourth-order valence-electron chi connectivity index (χ4n) is 1.77. The fourth-order valence-corrected chi connectivity index (χ4v) is 2.93. The summed E-state index contributed by atoms with van der Waals surface area (Å²) in [4.78, 5) is -0.442. The quantitative estimate of drug-likeness (QED) is 0.567. The van der Waals surface area contributed by atoms with Crippen LogP contribution in [0.15, 0.2) is 30.3 Å². The van der Waals surface area contributed by atoms with Gasteiger partial charge in [0.15, 0.2) is 0 Å². The van der Waals surface area contributed by atoms with Crippen LogP contribution in [-0.2, 0) is 0 Å². The van der Waals surface area contributed by atoms with Gasteiger partial charge in [-0.05, 0) is 42.3 Å². The third kappa shape index (κ3) is 3.28. The van der Waals surface area contributed by atoms with E-state index in [-0.39, 0.29) is 0 Å². The highest BCUT2D eigenvalue weighted by Crippen LogP contribution is 2.36. The van der Waals surface area contributed by atoms with Crippen molar-refractivity contribution in [2.45, 2.75) is 11.8 Å². The zero-order chi connectivity index (χ0) is 14.2. The first kappa shape index (κ1) is 14.8. The number of hydrogen-bond donors (Lipinski definition) is 0. The van der Waals surface area contributed by atoms with Gasteiger partial charge in [0.25, 0.3) is 0 Å². The number of alkyl halides is 1. The van der Waals surface area contributed by atoms with Gasteiger partial charge in [0.2, 0.25) is 0 Å². The van der Waals surface area contributed by atoms with E-state index in [4.69, 9.17) is 23.2 Å². The molecule has 1 atom stereocenters. The van der Waals surface area contributed by atoms with Crippen molar-refractivity contribution >= 4 is 39.1 Å². The normalized spacial score (nSPS) is 12.5. The molecule has 0 aliphatic rings. The number of aryl methyl sites for hydroxylation is 1. The van der Waals surface area contributed by atoms with Gasteiger partial charge in [-0.15, -0.1) is 0 Å². The molecule has 0 aliphatic carbocycles. The van der Waals surface area contributed by atoms with E-state index in [2.05, 4.69) is 15.9 Å². The Balaban J connectivity index is 2.49. The van der Waals surface area contributed by atoms with E-state index in [0.717, 1.165) is 6.07 Å². The molecule has 5 heteroatoms. The molecule has 0 heterocycles. The van der Waals surface area contributed by atoms with Gasteiger partial charge in [0.05, 0.1) is 4.83 Å². The van der Waals surface area contributed by atoms with E-state index in [0.29, 0.717) is 26.7 Å². The topological polar surface area (TPSA) is 0 Å². The summed E-state index contributed by atoms with van der Waals surface area (Å²) < 4.78 is 27.1. The van der Waals surface area contributed by atoms with Crippen molar-refractivity contribution in [1.82, 2.24) is 0 Å². The maximum Gasteiger partial charge on any atom is 0.130 e. The third-order valence-electron chi connectivity index (χ3n) is 2.73. The first-order valence-corrected chi connectivity index (χ1v) is 7.11. The molecule has 2 aromatic rings. The summed E-state index contributed by atoms with van der Waals surface area (Å²) in [7, 11) is 0. The molecule has 100 valence electrons. The highest BCUT2D eigenvalue weighted by molar-refractivity contribution is 9.09. The Morgan fingerprint density at radius 1 is 0.947 bits per heavy atom. The van der Waals surface area contributed by atoms with Crippen molar-refractivity contribution < 1.29 is 8.78 Å². The second-order valence-corrected chi connectivity index (χ2v) is 5.98. The summed E-state index contributed by atoms with van der Waals surface area (Å²) in [5, 5.41) is 0.928. The first-order chi connectivity index (χ1) is 8.88. The Kier molecular flexibility index (Phi) is 4.49.